The van der Waals surface area contributed by atoms with Gasteiger partial charge < -0.3 is 20.1 Å². The van der Waals surface area contributed by atoms with Gasteiger partial charge in [0, 0.05) is 38.8 Å². The van der Waals surface area contributed by atoms with Crippen LogP contribution >= 0.6 is 0 Å². The Morgan fingerprint density at radius 1 is 1.23 bits per heavy atom. The number of rotatable bonds is 10. The molecule has 0 bridgehead atoms. The standard InChI is InChI=1S/C18H24F2N2O4/c19-13-4-5-15(16(20)11-13)18(24)22-8-6-17(23)21-7-2-9-25-12-14-3-1-10-26-14/h4-5,11,14H,1-3,6-10,12H2,(H,21,23)(H,22,24). The van der Waals surface area contributed by atoms with Gasteiger partial charge in [-0.25, -0.2) is 8.78 Å². The van der Waals surface area contributed by atoms with E-state index in [1.807, 2.05) is 0 Å². The van der Waals surface area contributed by atoms with Crippen molar-refractivity contribution in [1.82, 2.24) is 10.6 Å². The molecule has 1 atom stereocenters. The average Bonchev–Trinajstić information content (AvgIpc) is 3.11. The number of carbonyl (C=O) groups excluding carboxylic acids is 2. The highest BCUT2D eigenvalue weighted by molar-refractivity contribution is 5.94. The summed E-state index contributed by atoms with van der Waals surface area (Å²) in [5.41, 5.74) is -0.254. The molecule has 8 heteroatoms. The SMILES string of the molecule is O=C(CCNC(=O)c1ccc(F)cc1F)NCCCOCC1CCCO1. The molecule has 1 aromatic rings. The third kappa shape index (κ3) is 7.05. The van der Waals surface area contributed by atoms with Gasteiger partial charge in [-0.3, -0.25) is 9.59 Å². The minimum absolute atomic E-state index is 0.0665. The summed E-state index contributed by atoms with van der Waals surface area (Å²) >= 11 is 0. The van der Waals surface area contributed by atoms with Gasteiger partial charge in [0.25, 0.3) is 5.91 Å². The molecule has 1 heterocycles. The van der Waals surface area contributed by atoms with E-state index in [1.165, 1.54) is 0 Å². The number of amides is 2. The maximum Gasteiger partial charge on any atom is 0.254 e. The number of nitrogens with one attached hydrogen (secondary N) is 2. The van der Waals surface area contributed by atoms with Gasteiger partial charge in [-0.1, -0.05) is 0 Å². The van der Waals surface area contributed by atoms with E-state index in [2.05, 4.69) is 10.6 Å². The number of benzene rings is 1. The maximum atomic E-state index is 13.5. The summed E-state index contributed by atoms with van der Waals surface area (Å²) in [6, 6.07) is 2.71. The zero-order chi connectivity index (χ0) is 18.8. The van der Waals surface area contributed by atoms with Crippen molar-refractivity contribution >= 4 is 11.8 Å². The number of hydrogen-bond acceptors (Lipinski definition) is 4. The van der Waals surface area contributed by atoms with E-state index >= 15 is 0 Å². The molecule has 26 heavy (non-hydrogen) atoms. The van der Waals surface area contributed by atoms with Crippen LogP contribution in [0.15, 0.2) is 18.2 Å². The van der Waals surface area contributed by atoms with Gasteiger partial charge in [0.05, 0.1) is 18.3 Å². The monoisotopic (exact) mass is 370 g/mol. The molecule has 0 aliphatic carbocycles. The Labute approximate surface area is 151 Å². The van der Waals surface area contributed by atoms with Gasteiger partial charge in [-0.2, -0.15) is 0 Å². The highest BCUT2D eigenvalue weighted by Crippen LogP contribution is 2.12. The second kappa shape index (κ2) is 10.8. The van der Waals surface area contributed by atoms with Crippen molar-refractivity contribution < 1.29 is 27.8 Å². The summed E-state index contributed by atoms with van der Waals surface area (Å²) < 4.78 is 37.2. The lowest BCUT2D eigenvalue weighted by molar-refractivity contribution is -0.121. The fourth-order valence-electron chi connectivity index (χ4n) is 2.54. The first kappa shape index (κ1) is 20.3. The molecule has 144 valence electrons. The number of halogens is 2. The smallest absolute Gasteiger partial charge is 0.254 e. The Morgan fingerprint density at radius 3 is 2.81 bits per heavy atom. The zero-order valence-electron chi connectivity index (χ0n) is 14.6. The molecule has 2 rings (SSSR count). The van der Waals surface area contributed by atoms with Gasteiger partial charge >= 0.3 is 0 Å². The summed E-state index contributed by atoms with van der Waals surface area (Å²) in [5.74, 6) is -2.59. The third-order valence-electron chi connectivity index (χ3n) is 3.93. The average molecular weight is 370 g/mol. The molecule has 2 amide bonds. The number of carbonyl (C=O) groups is 2. The third-order valence-corrected chi connectivity index (χ3v) is 3.93. The summed E-state index contributed by atoms with van der Waals surface area (Å²) in [6.07, 6.45) is 3.06. The van der Waals surface area contributed by atoms with Crippen LogP contribution in [0.4, 0.5) is 8.78 Å². The zero-order valence-corrected chi connectivity index (χ0v) is 14.6. The van der Waals surface area contributed by atoms with Crippen molar-refractivity contribution in [1.29, 1.82) is 0 Å². The largest absolute Gasteiger partial charge is 0.379 e. The molecule has 0 radical (unpaired) electrons. The van der Waals surface area contributed by atoms with Gasteiger partial charge in [-0.05, 0) is 31.4 Å². The van der Waals surface area contributed by atoms with E-state index in [4.69, 9.17) is 9.47 Å². The van der Waals surface area contributed by atoms with Crippen molar-refractivity contribution in [3.8, 4) is 0 Å². The van der Waals surface area contributed by atoms with E-state index < -0.39 is 17.5 Å². The molecule has 1 saturated heterocycles. The molecule has 1 aromatic carbocycles. The van der Waals surface area contributed by atoms with Gasteiger partial charge in [-0.15, -0.1) is 0 Å². The molecule has 1 unspecified atom stereocenters. The minimum Gasteiger partial charge on any atom is -0.379 e. The highest BCUT2D eigenvalue weighted by atomic mass is 19.1. The Bertz CT molecular complexity index is 607. The molecule has 2 N–H and O–H groups in total. The summed E-state index contributed by atoms with van der Waals surface area (Å²) in [6.45, 7) is 2.47. The molecule has 0 saturated carbocycles. The van der Waals surface area contributed by atoms with Crippen molar-refractivity contribution in [2.75, 3.05) is 32.9 Å². The van der Waals surface area contributed by atoms with E-state index in [9.17, 15) is 18.4 Å². The number of ether oxygens (including phenoxy) is 2. The predicted octanol–water partition coefficient (Wildman–Crippen LogP) is 1.79. The van der Waals surface area contributed by atoms with Crippen LogP contribution in [0.3, 0.4) is 0 Å². The van der Waals surface area contributed by atoms with E-state index in [1.54, 1.807) is 0 Å². The topological polar surface area (TPSA) is 76.7 Å². The predicted molar refractivity (Wildman–Crippen MR) is 90.7 cm³/mol. The molecule has 6 nitrogen and oxygen atoms in total. The Morgan fingerprint density at radius 2 is 2.08 bits per heavy atom. The molecular formula is C18H24F2N2O4. The van der Waals surface area contributed by atoms with Crippen molar-refractivity contribution in [3.05, 3.63) is 35.4 Å². The van der Waals surface area contributed by atoms with Crippen molar-refractivity contribution in [2.24, 2.45) is 0 Å². The van der Waals surface area contributed by atoms with Crippen LogP contribution in [0.25, 0.3) is 0 Å². The maximum absolute atomic E-state index is 13.5. The van der Waals surface area contributed by atoms with Crippen molar-refractivity contribution in [3.63, 3.8) is 0 Å². The van der Waals surface area contributed by atoms with Crippen molar-refractivity contribution in [2.45, 2.75) is 31.8 Å². The Kier molecular flexibility index (Phi) is 8.43. The number of hydrogen-bond donors (Lipinski definition) is 2. The lowest BCUT2D eigenvalue weighted by Gasteiger charge is -2.10. The molecule has 1 fully saturated rings. The second-order valence-corrected chi connectivity index (χ2v) is 6.04. The molecule has 0 aromatic heterocycles. The summed E-state index contributed by atoms with van der Waals surface area (Å²) in [5, 5.41) is 5.15. The van der Waals surface area contributed by atoms with Crippen LogP contribution in [0.5, 0.6) is 0 Å². The van der Waals surface area contributed by atoms with E-state index in [0.29, 0.717) is 32.2 Å². The Balaban J connectivity index is 1.51. The lowest BCUT2D eigenvalue weighted by atomic mass is 10.2. The van der Waals surface area contributed by atoms with E-state index in [0.717, 1.165) is 31.6 Å². The van der Waals surface area contributed by atoms with Crippen LogP contribution in [0, 0.1) is 11.6 Å². The normalized spacial score (nSPS) is 16.5. The second-order valence-electron chi connectivity index (χ2n) is 6.04. The molecular weight excluding hydrogens is 346 g/mol. The van der Waals surface area contributed by atoms with Crippen LogP contribution in [-0.4, -0.2) is 50.8 Å². The first-order chi connectivity index (χ1) is 12.6. The first-order valence-corrected chi connectivity index (χ1v) is 8.75. The van der Waals surface area contributed by atoms with Gasteiger partial charge in [0.1, 0.15) is 11.6 Å². The quantitative estimate of drug-likeness (QED) is 0.616. The fraction of sp³-hybridized carbons (Fsp3) is 0.556. The first-order valence-electron chi connectivity index (χ1n) is 8.75. The molecule has 1 aliphatic heterocycles. The van der Waals surface area contributed by atoms with Crippen LogP contribution in [-0.2, 0) is 14.3 Å². The molecule has 0 spiro atoms. The summed E-state index contributed by atoms with van der Waals surface area (Å²) in [4.78, 5) is 23.4. The summed E-state index contributed by atoms with van der Waals surface area (Å²) in [7, 11) is 0. The van der Waals surface area contributed by atoms with Crippen LogP contribution < -0.4 is 10.6 Å². The van der Waals surface area contributed by atoms with Gasteiger partial charge in [0.15, 0.2) is 0 Å². The minimum atomic E-state index is -0.935. The molecule has 1 aliphatic rings. The highest BCUT2D eigenvalue weighted by Gasteiger charge is 2.15. The lowest BCUT2D eigenvalue weighted by Crippen LogP contribution is -2.31. The van der Waals surface area contributed by atoms with Gasteiger partial charge in [0.2, 0.25) is 5.91 Å². The van der Waals surface area contributed by atoms with Crippen LogP contribution in [0.2, 0.25) is 0 Å². The van der Waals surface area contributed by atoms with E-state index in [-0.39, 0.29) is 30.5 Å². The fourth-order valence-corrected chi connectivity index (χ4v) is 2.54. The Hall–Kier alpha value is -2.06. The van der Waals surface area contributed by atoms with Crippen LogP contribution in [0.1, 0.15) is 36.0 Å².